The number of amides is 1. The number of hydrogen-bond donors (Lipinski definition) is 1. The lowest BCUT2D eigenvalue weighted by Crippen LogP contribution is -2.42. The summed E-state index contributed by atoms with van der Waals surface area (Å²) in [5, 5.41) is 9.10. The minimum atomic E-state index is 0.0266. The first-order valence-corrected chi connectivity index (χ1v) is 7.92. The predicted octanol–water partition coefficient (Wildman–Crippen LogP) is 3.38. The highest BCUT2D eigenvalue weighted by molar-refractivity contribution is 6.31. The molecule has 3 rings (SSSR count). The molecule has 112 valence electrons. The van der Waals surface area contributed by atoms with Crippen molar-refractivity contribution in [2.45, 2.75) is 45.2 Å². The number of fused-ring (bicyclic) bond motifs is 1. The van der Waals surface area contributed by atoms with Gasteiger partial charge >= 0.3 is 0 Å². The molecule has 0 bridgehead atoms. The van der Waals surface area contributed by atoms with Crippen molar-refractivity contribution in [3.05, 3.63) is 29.4 Å². The van der Waals surface area contributed by atoms with Crippen LogP contribution in [0.3, 0.4) is 0 Å². The third kappa shape index (κ3) is 3.21. The molecule has 0 radical (unpaired) electrons. The van der Waals surface area contributed by atoms with E-state index in [-0.39, 0.29) is 12.5 Å². The van der Waals surface area contributed by atoms with E-state index in [1.54, 1.807) is 10.9 Å². The first-order valence-electron chi connectivity index (χ1n) is 7.54. The Balaban J connectivity index is 1.70. The average Bonchev–Trinajstić information content (AvgIpc) is 2.84. The highest BCUT2D eigenvalue weighted by Gasteiger charge is 2.23. The maximum absolute atomic E-state index is 12.2. The van der Waals surface area contributed by atoms with E-state index in [1.165, 1.54) is 19.3 Å². The van der Waals surface area contributed by atoms with Gasteiger partial charge in [0, 0.05) is 16.5 Å². The Kier molecular flexibility index (Phi) is 4.15. The van der Waals surface area contributed by atoms with Gasteiger partial charge in [0.05, 0.1) is 11.7 Å². The third-order valence-electron chi connectivity index (χ3n) is 4.36. The number of nitrogens with one attached hydrogen (secondary N) is 1. The second kappa shape index (κ2) is 6.06. The fourth-order valence-electron chi connectivity index (χ4n) is 3.09. The van der Waals surface area contributed by atoms with Crippen LogP contribution in [-0.4, -0.2) is 21.7 Å². The van der Waals surface area contributed by atoms with Crippen LogP contribution in [0.2, 0.25) is 5.02 Å². The van der Waals surface area contributed by atoms with Crippen LogP contribution in [0.1, 0.15) is 32.6 Å². The van der Waals surface area contributed by atoms with E-state index in [2.05, 4.69) is 17.3 Å². The molecule has 1 fully saturated rings. The number of carbonyl (C=O) groups excluding carboxylic acids is 1. The Hall–Kier alpha value is -1.55. The van der Waals surface area contributed by atoms with E-state index >= 15 is 0 Å². The third-order valence-corrected chi connectivity index (χ3v) is 4.59. The zero-order valence-electron chi connectivity index (χ0n) is 12.2. The Morgan fingerprint density at radius 2 is 2.24 bits per heavy atom. The van der Waals surface area contributed by atoms with Crippen LogP contribution in [0.4, 0.5) is 0 Å². The van der Waals surface area contributed by atoms with E-state index in [0.717, 1.165) is 17.3 Å². The lowest BCUT2D eigenvalue weighted by atomic mass is 9.86. The lowest BCUT2D eigenvalue weighted by Gasteiger charge is -2.29. The van der Waals surface area contributed by atoms with Crippen molar-refractivity contribution in [3.8, 4) is 0 Å². The molecule has 2 aromatic rings. The van der Waals surface area contributed by atoms with E-state index in [0.29, 0.717) is 17.0 Å². The Morgan fingerprint density at radius 3 is 3.05 bits per heavy atom. The first kappa shape index (κ1) is 14.4. The summed E-state index contributed by atoms with van der Waals surface area (Å²) in [5.41, 5.74) is 0.898. The van der Waals surface area contributed by atoms with Crippen LogP contribution >= 0.6 is 11.6 Å². The molecule has 1 aromatic heterocycles. The summed E-state index contributed by atoms with van der Waals surface area (Å²) >= 11 is 6.02. The van der Waals surface area contributed by atoms with Crippen LogP contribution in [0.15, 0.2) is 24.4 Å². The normalized spacial score (nSPS) is 22.4. The summed E-state index contributed by atoms with van der Waals surface area (Å²) in [6.45, 7) is 2.46. The van der Waals surface area contributed by atoms with Gasteiger partial charge in [-0.15, -0.1) is 0 Å². The van der Waals surface area contributed by atoms with Gasteiger partial charge in [-0.2, -0.15) is 5.10 Å². The number of aromatic nitrogens is 2. The molecule has 1 amide bonds. The lowest BCUT2D eigenvalue weighted by molar-refractivity contribution is -0.123. The van der Waals surface area contributed by atoms with Crippen LogP contribution in [0.25, 0.3) is 10.9 Å². The minimum absolute atomic E-state index is 0.0266. The van der Waals surface area contributed by atoms with Crippen LogP contribution in [0.5, 0.6) is 0 Å². The monoisotopic (exact) mass is 305 g/mol. The Bertz CT molecular complexity index is 652. The number of hydrogen-bond acceptors (Lipinski definition) is 2. The molecule has 0 unspecified atom stereocenters. The summed E-state index contributed by atoms with van der Waals surface area (Å²) in [6.07, 6.45) is 6.53. The van der Waals surface area contributed by atoms with Gasteiger partial charge in [0.25, 0.3) is 0 Å². The summed E-state index contributed by atoms with van der Waals surface area (Å²) in [6, 6.07) is 5.90. The largest absolute Gasteiger partial charge is 0.351 e. The number of nitrogens with zero attached hydrogens (tertiary/aromatic N) is 2. The number of rotatable bonds is 3. The van der Waals surface area contributed by atoms with Gasteiger partial charge in [0.15, 0.2) is 0 Å². The van der Waals surface area contributed by atoms with Crippen molar-refractivity contribution < 1.29 is 4.79 Å². The predicted molar refractivity (Wildman–Crippen MR) is 84.3 cm³/mol. The van der Waals surface area contributed by atoms with Crippen molar-refractivity contribution in [1.29, 1.82) is 0 Å². The van der Waals surface area contributed by atoms with Gasteiger partial charge in [-0.1, -0.05) is 31.4 Å². The molecule has 5 heteroatoms. The van der Waals surface area contributed by atoms with Crippen molar-refractivity contribution in [2.24, 2.45) is 5.92 Å². The fourth-order valence-corrected chi connectivity index (χ4v) is 3.26. The molecular weight excluding hydrogens is 286 g/mol. The smallest absolute Gasteiger partial charge is 0.241 e. The van der Waals surface area contributed by atoms with Gasteiger partial charge in [0.2, 0.25) is 5.91 Å². The maximum Gasteiger partial charge on any atom is 0.241 e. The molecule has 1 heterocycles. The average molecular weight is 306 g/mol. The van der Waals surface area contributed by atoms with E-state index in [9.17, 15) is 4.79 Å². The second-order valence-electron chi connectivity index (χ2n) is 5.94. The number of halogens is 1. The van der Waals surface area contributed by atoms with Crippen molar-refractivity contribution in [1.82, 2.24) is 15.1 Å². The SMILES string of the molecule is C[C@H]1CCCC[C@@H]1NC(=O)Cn1ncc2ccc(Cl)cc21. The molecule has 2 atom stereocenters. The second-order valence-corrected chi connectivity index (χ2v) is 6.38. The number of carbonyl (C=O) groups is 1. The summed E-state index contributed by atoms with van der Waals surface area (Å²) < 4.78 is 1.71. The minimum Gasteiger partial charge on any atom is -0.351 e. The molecule has 1 aliphatic carbocycles. The molecule has 0 saturated heterocycles. The van der Waals surface area contributed by atoms with Gasteiger partial charge < -0.3 is 5.32 Å². The quantitative estimate of drug-likeness (QED) is 0.945. The van der Waals surface area contributed by atoms with Gasteiger partial charge in [-0.25, -0.2) is 0 Å². The van der Waals surface area contributed by atoms with Crippen molar-refractivity contribution in [3.63, 3.8) is 0 Å². The maximum atomic E-state index is 12.2. The summed E-state index contributed by atoms with van der Waals surface area (Å²) in [5.74, 6) is 0.588. The van der Waals surface area contributed by atoms with Gasteiger partial charge in [-0.05, 0) is 37.0 Å². The summed E-state index contributed by atoms with van der Waals surface area (Å²) in [4.78, 5) is 12.2. The molecule has 0 aliphatic heterocycles. The molecular formula is C16H20ClN3O. The fraction of sp³-hybridized carbons (Fsp3) is 0.500. The van der Waals surface area contributed by atoms with Crippen LogP contribution in [0, 0.1) is 5.92 Å². The molecule has 1 saturated carbocycles. The standard InChI is InChI=1S/C16H20ClN3O/c1-11-4-2-3-5-14(11)19-16(21)10-20-15-8-13(17)7-6-12(15)9-18-20/h6-9,11,14H,2-5,10H2,1H3,(H,19,21)/t11-,14-/m0/s1. The first-order chi connectivity index (χ1) is 10.1. The Labute approximate surface area is 129 Å². The van der Waals surface area contributed by atoms with E-state index in [1.807, 2.05) is 18.2 Å². The van der Waals surface area contributed by atoms with Gasteiger partial charge in [-0.3, -0.25) is 9.48 Å². The summed E-state index contributed by atoms with van der Waals surface area (Å²) in [7, 11) is 0. The highest BCUT2D eigenvalue weighted by atomic mass is 35.5. The number of benzene rings is 1. The molecule has 1 aromatic carbocycles. The van der Waals surface area contributed by atoms with E-state index < -0.39 is 0 Å². The molecule has 0 spiro atoms. The molecule has 21 heavy (non-hydrogen) atoms. The molecule has 1 N–H and O–H groups in total. The van der Waals surface area contributed by atoms with Gasteiger partial charge in [0.1, 0.15) is 6.54 Å². The van der Waals surface area contributed by atoms with E-state index in [4.69, 9.17) is 11.6 Å². The Morgan fingerprint density at radius 1 is 1.43 bits per heavy atom. The van der Waals surface area contributed by atoms with Crippen molar-refractivity contribution >= 4 is 28.4 Å². The zero-order chi connectivity index (χ0) is 14.8. The van der Waals surface area contributed by atoms with Crippen molar-refractivity contribution in [2.75, 3.05) is 0 Å². The molecule has 4 nitrogen and oxygen atoms in total. The topological polar surface area (TPSA) is 46.9 Å². The molecule has 1 aliphatic rings. The highest BCUT2D eigenvalue weighted by Crippen LogP contribution is 2.24. The zero-order valence-corrected chi connectivity index (χ0v) is 12.9. The van der Waals surface area contributed by atoms with Crippen LogP contribution < -0.4 is 5.32 Å². The van der Waals surface area contributed by atoms with Crippen LogP contribution in [-0.2, 0) is 11.3 Å².